The van der Waals surface area contributed by atoms with Gasteiger partial charge in [0.1, 0.15) is 17.4 Å². The molecule has 0 unspecified atom stereocenters. The number of hydrogen-bond donors (Lipinski definition) is 2. The highest BCUT2D eigenvalue weighted by atomic mass is 79.9. The van der Waals surface area contributed by atoms with Crippen molar-refractivity contribution in [3.8, 4) is 11.6 Å². The molecule has 1 heterocycles. The van der Waals surface area contributed by atoms with Crippen LogP contribution in [0.5, 0.6) is 11.6 Å². The molecule has 0 aliphatic carbocycles. The fourth-order valence-corrected chi connectivity index (χ4v) is 1.99. The maximum atomic E-state index is 13.4. The Bertz CT molecular complexity index is 653. The van der Waals surface area contributed by atoms with E-state index >= 15 is 0 Å². The van der Waals surface area contributed by atoms with Crippen molar-refractivity contribution in [3.63, 3.8) is 0 Å². The van der Waals surface area contributed by atoms with Gasteiger partial charge in [-0.05, 0) is 22.0 Å². The second kappa shape index (κ2) is 5.50. The zero-order valence-electron chi connectivity index (χ0n) is 9.32. The number of nitrogens with two attached hydrogens (primary N) is 1. The van der Waals surface area contributed by atoms with E-state index in [1.807, 2.05) is 0 Å². The molecule has 8 heteroatoms. The van der Waals surface area contributed by atoms with Crippen LogP contribution in [0.15, 0.2) is 29.0 Å². The normalized spacial score (nSPS) is 10.3. The summed E-state index contributed by atoms with van der Waals surface area (Å²) in [5, 5.41) is 7.32. The molecule has 0 aliphatic heterocycles. The van der Waals surface area contributed by atoms with E-state index in [1.54, 1.807) is 0 Å². The van der Waals surface area contributed by atoms with E-state index in [9.17, 15) is 4.39 Å². The first-order chi connectivity index (χ1) is 8.99. The Kier molecular flexibility index (Phi) is 3.96. The Labute approximate surface area is 121 Å². The quantitative estimate of drug-likeness (QED) is 0.508. The molecule has 0 radical (unpaired) electrons. The lowest BCUT2D eigenvalue weighted by Crippen LogP contribution is -2.15. The topological polar surface area (TPSA) is 84.9 Å². The van der Waals surface area contributed by atoms with Gasteiger partial charge in [0, 0.05) is 18.5 Å². The lowest BCUT2D eigenvalue weighted by Gasteiger charge is -2.10. The van der Waals surface area contributed by atoms with Crippen molar-refractivity contribution < 1.29 is 9.13 Å². The monoisotopic (exact) mass is 344 g/mol. The van der Waals surface area contributed by atoms with Gasteiger partial charge in [-0.25, -0.2) is 14.4 Å². The maximum Gasteiger partial charge on any atom is 0.249 e. The minimum atomic E-state index is -0.631. The summed E-state index contributed by atoms with van der Waals surface area (Å²) in [5.74, 6) is -0.760. The summed E-state index contributed by atoms with van der Waals surface area (Å²) >= 11 is 8.82. The fourth-order valence-electron chi connectivity index (χ4n) is 1.27. The molecule has 0 fully saturated rings. The largest absolute Gasteiger partial charge is 0.436 e. The molecule has 2 aromatic rings. The van der Waals surface area contributed by atoms with E-state index < -0.39 is 5.82 Å². The molecule has 0 saturated carbocycles. The van der Waals surface area contributed by atoms with E-state index in [-0.39, 0.29) is 28.2 Å². The highest BCUT2D eigenvalue weighted by molar-refractivity contribution is 9.10. The van der Waals surface area contributed by atoms with E-state index in [0.717, 1.165) is 6.07 Å². The van der Waals surface area contributed by atoms with Gasteiger partial charge >= 0.3 is 0 Å². The van der Waals surface area contributed by atoms with Gasteiger partial charge < -0.3 is 10.5 Å². The van der Waals surface area contributed by atoms with Crippen molar-refractivity contribution >= 4 is 33.4 Å². The number of halogens is 3. The molecule has 0 saturated heterocycles. The third kappa shape index (κ3) is 2.99. The summed E-state index contributed by atoms with van der Waals surface area (Å²) in [6.45, 7) is 0. The summed E-state index contributed by atoms with van der Waals surface area (Å²) in [4.78, 5) is 7.78. The summed E-state index contributed by atoms with van der Waals surface area (Å²) in [5.41, 5.74) is 5.43. The van der Waals surface area contributed by atoms with Gasteiger partial charge in [-0.1, -0.05) is 11.6 Å². The zero-order valence-corrected chi connectivity index (χ0v) is 11.7. The molecule has 3 N–H and O–H groups in total. The molecule has 0 atom stereocenters. The summed E-state index contributed by atoms with van der Waals surface area (Å²) in [7, 11) is 0. The lowest BCUT2D eigenvalue weighted by atomic mass is 10.3. The van der Waals surface area contributed by atoms with Gasteiger partial charge in [-0.3, -0.25) is 5.41 Å². The first kappa shape index (κ1) is 13.7. The van der Waals surface area contributed by atoms with Gasteiger partial charge in [0.15, 0.2) is 5.69 Å². The van der Waals surface area contributed by atoms with Crippen LogP contribution in [0.4, 0.5) is 4.39 Å². The Hall–Kier alpha value is -1.73. The molecular formula is C11H7BrClFN4O. The highest BCUT2D eigenvalue weighted by Crippen LogP contribution is 2.33. The van der Waals surface area contributed by atoms with Gasteiger partial charge in [0.25, 0.3) is 0 Å². The predicted molar refractivity (Wildman–Crippen MR) is 72.2 cm³/mol. The molecule has 1 aromatic heterocycles. The van der Waals surface area contributed by atoms with E-state index in [4.69, 9.17) is 27.5 Å². The number of nitrogens with zero attached hydrogens (tertiary/aromatic N) is 2. The van der Waals surface area contributed by atoms with Gasteiger partial charge in [-0.15, -0.1) is 0 Å². The molecule has 1 aromatic carbocycles. The number of rotatable bonds is 3. The maximum absolute atomic E-state index is 13.4. The molecule has 98 valence electrons. The second-order valence-corrected chi connectivity index (χ2v) is 4.68. The number of aromatic nitrogens is 2. The Morgan fingerprint density at radius 1 is 1.37 bits per heavy atom. The Morgan fingerprint density at radius 2 is 2.05 bits per heavy atom. The van der Waals surface area contributed by atoms with Crippen molar-refractivity contribution in [2.45, 2.75) is 0 Å². The van der Waals surface area contributed by atoms with Crippen molar-refractivity contribution in [2.24, 2.45) is 5.73 Å². The number of hydrogen-bond acceptors (Lipinski definition) is 4. The summed E-state index contributed by atoms with van der Waals surface area (Å²) in [6.07, 6.45) is 2.75. The van der Waals surface area contributed by atoms with Crippen molar-refractivity contribution in [1.29, 1.82) is 5.41 Å². The van der Waals surface area contributed by atoms with E-state index in [1.165, 1.54) is 18.5 Å². The van der Waals surface area contributed by atoms with Crippen LogP contribution < -0.4 is 10.5 Å². The van der Waals surface area contributed by atoms with E-state index in [0.29, 0.717) is 4.47 Å². The standard InChI is InChI=1S/C11H7BrClFN4O/c12-5-3-6(13)7(14)4-8(5)19-11-9(10(15)16)17-1-2-18-11/h1-4H,(H3,15,16). The van der Waals surface area contributed by atoms with Crippen LogP contribution in [0.3, 0.4) is 0 Å². The molecule has 19 heavy (non-hydrogen) atoms. The SMILES string of the molecule is N=C(N)c1nccnc1Oc1cc(F)c(Cl)cc1Br. The second-order valence-electron chi connectivity index (χ2n) is 3.42. The molecular weight excluding hydrogens is 339 g/mol. The third-order valence-corrected chi connectivity index (χ3v) is 3.01. The van der Waals surface area contributed by atoms with Crippen LogP contribution in [0.1, 0.15) is 5.69 Å². The number of nitrogens with one attached hydrogen (secondary N) is 1. The number of nitrogen functional groups attached to an aromatic ring is 1. The Balaban J connectivity index is 2.42. The summed E-state index contributed by atoms with van der Waals surface area (Å²) < 4.78 is 19.2. The van der Waals surface area contributed by atoms with Crippen LogP contribution >= 0.6 is 27.5 Å². The number of ether oxygens (including phenoxy) is 1. The average Bonchev–Trinajstić information content (AvgIpc) is 2.36. The van der Waals surface area contributed by atoms with E-state index in [2.05, 4.69) is 25.9 Å². The number of benzene rings is 1. The number of amidine groups is 1. The predicted octanol–water partition coefficient (Wildman–Crippen LogP) is 3.11. The molecule has 0 spiro atoms. The van der Waals surface area contributed by atoms with Crippen molar-refractivity contribution in [1.82, 2.24) is 9.97 Å². The van der Waals surface area contributed by atoms with Crippen LogP contribution in [0.25, 0.3) is 0 Å². The van der Waals surface area contributed by atoms with Gasteiger partial charge in [0.2, 0.25) is 5.88 Å². The summed E-state index contributed by atoms with van der Waals surface area (Å²) in [6, 6.07) is 2.46. The highest BCUT2D eigenvalue weighted by Gasteiger charge is 2.14. The molecule has 0 aliphatic rings. The molecule has 5 nitrogen and oxygen atoms in total. The minimum Gasteiger partial charge on any atom is -0.436 e. The zero-order chi connectivity index (χ0) is 14.0. The first-order valence-electron chi connectivity index (χ1n) is 4.97. The van der Waals surface area contributed by atoms with Crippen LogP contribution in [0, 0.1) is 11.2 Å². The van der Waals surface area contributed by atoms with Gasteiger partial charge in [0.05, 0.1) is 9.50 Å². The van der Waals surface area contributed by atoms with Crippen molar-refractivity contribution in [2.75, 3.05) is 0 Å². The van der Waals surface area contributed by atoms with Crippen LogP contribution in [-0.4, -0.2) is 15.8 Å². The molecule has 0 amide bonds. The average molecular weight is 346 g/mol. The minimum absolute atomic E-state index is 0.0115. The smallest absolute Gasteiger partial charge is 0.249 e. The molecule has 2 rings (SSSR count). The Morgan fingerprint density at radius 3 is 2.74 bits per heavy atom. The third-order valence-electron chi connectivity index (χ3n) is 2.10. The van der Waals surface area contributed by atoms with Crippen molar-refractivity contribution in [3.05, 3.63) is 45.5 Å². The first-order valence-corrected chi connectivity index (χ1v) is 6.14. The molecule has 0 bridgehead atoms. The lowest BCUT2D eigenvalue weighted by molar-refractivity contribution is 0.451. The van der Waals surface area contributed by atoms with Crippen LogP contribution in [0.2, 0.25) is 5.02 Å². The van der Waals surface area contributed by atoms with Crippen LogP contribution in [-0.2, 0) is 0 Å². The van der Waals surface area contributed by atoms with Gasteiger partial charge in [-0.2, -0.15) is 0 Å². The fraction of sp³-hybridized carbons (Fsp3) is 0.